The first kappa shape index (κ1) is 55.1. The minimum absolute atomic E-state index is 0.0818. The fourth-order valence-electron chi connectivity index (χ4n) is 8.29. The fraction of sp³-hybridized carbons (Fsp3) is 0.568. The number of nitrogen functional groups attached to an aromatic ring is 3. The summed E-state index contributed by atoms with van der Waals surface area (Å²) in [4.78, 5) is 108. The number of aryl methyl sites for hydroxylation is 1. The zero-order chi connectivity index (χ0) is 53.4. The van der Waals surface area contributed by atoms with E-state index in [0.717, 1.165) is 18.3 Å². The van der Waals surface area contributed by atoms with E-state index in [1.165, 1.54) is 49.9 Å². The molecule has 15 atom stereocenters. The highest BCUT2D eigenvalue weighted by molar-refractivity contribution is 7.48. The molecule has 0 aromatic carbocycles. The summed E-state index contributed by atoms with van der Waals surface area (Å²) < 4.78 is 99.5. The van der Waals surface area contributed by atoms with Crippen molar-refractivity contribution < 1.29 is 84.7 Å². The molecule has 4 aliphatic heterocycles. The molecule has 4 fully saturated rings. The number of aromatic nitrogens is 8. The number of phosphoric acid groups is 3. The SMILES string of the molecule is Cc1cn([C@H]2C[C@H](O)[C@@H](COP(=O)(O)O[C@H]3C[C@H](n4ccc(N)nc4=O)O[C@@H]3COP(=O)(O)O[C@H]3C[C@H](n4ccc(N)nc4=O)O[C@@H]3COP(=O)(O)O[C@H]3C[C@H](n4ccc(N)nc4=O)O[C@@H]3CO)O2)c(=O)[nH]c1=O. The van der Waals surface area contributed by atoms with Gasteiger partial charge in [-0.3, -0.25) is 55.2 Å². The summed E-state index contributed by atoms with van der Waals surface area (Å²) in [7, 11) is -15.7. The molecule has 0 bridgehead atoms. The van der Waals surface area contributed by atoms with Crippen molar-refractivity contribution in [1.29, 1.82) is 0 Å². The summed E-state index contributed by atoms with van der Waals surface area (Å²) in [6, 6.07) is 3.78. The molecule has 37 heteroatoms. The van der Waals surface area contributed by atoms with Gasteiger partial charge in [-0.2, -0.15) is 15.0 Å². The fourth-order valence-corrected chi connectivity index (χ4v) is 11.2. The zero-order valence-electron chi connectivity index (χ0n) is 38.4. The van der Waals surface area contributed by atoms with Gasteiger partial charge in [-0.1, -0.05) is 0 Å². The first-order valence-corrected chi connectivity index (χ1v) is 26.6. The molecule has 0 radical (unpaired) electrons. The van der Waals surface area contributed by atoms with Crippen molar-refractivity contribution in [2.45, 2.75) is 106 Å². The minimum Gasteiger partial charge on any atom is -0.394 e. The van der Waals surface area contributed by atoms with Gasteiger partial charge in [0.2, 0.25) is 0 Å². The largest absolute Gasteiger partial charge is 0.472 e. The van der Waals surface area contributed by atoms with E-state index < -0.39 is 165 Å². The summed E-state index contributed by atoms with van der Waals surface area (Å²) in [5.41, 5.74) is 12.8. The Balaban J connectivity index is 0.941. The number of hydrogen-bond acceptors (Lipinski definition) is 26. The second kappa shape index (κ2) is 22.2. The molecule has 0 aliphatic carbocycles. The van der Waals surface area contributed by atoms with Gasteiger partial charge in [0.1, 0.15) is 85.1 Å². The number of aliphatic hydroxyl groups excluding tert-OH is 2. The number of ether oxygens (including phenoxy) is 4. The van der Waals surface area contributed by atoms with Crippen molar-refractivity contribution in [1.82, 2.24) is 38.2 Å². The molecular weight excluding hydrogens is 1060 g/mol. The number of hydrogen-bond donors (Lipinski definition) is 9. The number of nitrogens with two attached hydrogens (primary N) is 3. The molecule has 74 heavy (non-hydrogen) atoms. The predicted octanol–water partition coefficient (Wildman–Crippen LogP) is -2.63. The average Bonchev–Trinajstić information content (AvgIpc) is 4.10. The van der Waals surface area contributed by atoms with Crippen molar-refractivity contribution >= 4 is 40.9 Å². The predicted molar refractivity (Wildman–Crippen MR) is 244 cm³/mol. The number of rotatable bonds is 20. The lowest BCUT2D eigenvalue weighted by Gasteiger charge is -2.25. The van der Waals surface area contributed by atoms with Gasteiger partial charge in [0.05, 0.1) is 32.5 Å². The van der Waals surface area contributed by atoms with E-state index in [1.807, 2.05) is 0 Å². The maximum absolute atomic E-state index is 13.8. The van der Waals surface area contributed by atoms with Crippen molar-refractivity contribution in [3.8, 4) is 0 Å². The van der Waals surface area contributed by atoms with E-state index in [0.29, 0.717) is 0 Å². The summed E-state index contributed by atoms with van der Waals surface area (Å²) in [5, 5.41) is 20.6. The van der Waals surface area contributed by atoms with Crippen molar-refractivity contribution in [2.24, 2.45) is 0 Å². The Morgan fingerprint density at radius 3 is 1.34 bits per heavy atom. The van der Waals surface area contributed by atoms with E-state index in [1.54, 1.807) is 0 Å². The van der Waals surface area contributed by atoms with Crippen LogP contribution in [0.3, 0.4) is 0 Å². The highest BCUT2D eigenvalue weighted by atomic mass is 31.2. The monoisotopic (exact) mass is 1110 g/mol. The second-order valence-electron chi connectivity index (χ2n) is 17.0. The quantitative estimate of drug-likeness (QED) is 0.0409. The van der Waals surface area contributed by atoms with Crippen LogP contribution in [-0.4, -0.2) is 138 Å². The molecule has 4 aromatic heterocycles. The molecule has 0 saturated carbocycles. The van der Waals surface area contributed by atoms with Gasteiger partial charge >= 0.3 is 46.2 Å². The lowest BCUT2D eigenvalue weighted by atomic mass is 10.2. The molecule has 3 unspecified atom stereocenters. The number of nitrogens with zero attached hydrogens (tertiary/aromatic N) is 7. The molecule has 0 spiro atoms. The van der Waals surface area contributed by atoms with Crippen LogP contribution in [0.4, 0.5) is 17.5 Å². The number of H-pyrrole nitrogens is 1. The standard InChI is InChI=1S/C37H50N11O23P3/c1-17-12-48(37(55)44-33(17)51)29-8-18(50)23(66-29)14-62-72(56,57)70-20-10-31(46-6-3-27(39)42-35(46)53)68-25(20)16-64-74(60,61)71-21-11-32(47-7-4-28(40)43-36(47)54)67-24(21)15-63-73(58,59)69-19-9-30(65-22(19)13-49)45-5-2-26(38)41-34(45)52/h2-7,12,18-25,29-32,49-50H,8-11,13-16H2,1H3,(H,56,57)(H,58,59)(H,60,61)(H2,38,41,52)(H2,39,42,53)(H2,40,43,54)(H,44,51,55)/t18-,19-,20-,21-,22+,23+,24+,25+,29+,30+,31+,32+/m0/s1. The van der Waals surface area contributed by atoms with Crippen LogP contribution in [-0.2, 0) is 59.8 Å². The Morgan fingerprint density at radius 2 is 0.946 bits per heavy atom. The van der Waals surface area contributed by atoms with Gasteiger partial charge in [0.25, 0.3) is 5.56 Å². The Morgan fingerprint density at radius 1 is 0.595 bits per heavy atom. The molecular formula is C37H50N11O23P3. The van der Waals surface area contributed by atoms with Crippen LogP contribution >= 0.6 is 23.5 Å². The molecule has 12 N–H and O–H groups in total. The van der Waals surface area contributed by atoms with Gasteiger partial charge in [0.15, 0.2) is 0 Å². The number of aromatic amines is 1. The maximum Gasteiger partial charge on any atom is 0.472 e. The molecule has 34 nitrogen and oxygen atoms in total. The number of nitrogens with one attached hydrogen (secondary N) is 1. The molecule has 406 valence electrons. The number of phosphoric ester groups is 3. The Bertz CT molecular complexity index is 3160. The average molecular weight is 1110 g/mol. The van der Waals surface area contributed by atoms with E-state index in [-0.39, 0.29) is 35.9 Å². The van der Waals surface area contributed by atoms with Crippen LogP contribution in [0.5, 0.6) is 0 Å². The summed E-state index contributed by atoms with van der Waals surface area (Å²) >= 11 is 0. The van der Waals surface area contributed by atoms with E-state index in [2.05, 4.69) is 19.9 Å². The lowest BCUT2D eigenvalue weighted by molar-refractivity contribution is -0.0639. The van der Waals surface area contributed by atoms with Crippen LogP contribution < -0.4 is 45.5 Å². The van der Waals surface area contributed by atoms with Gasteiger partial charge in [0, 0.05) is 56.0 Å². The van der Waals surface area contributed by atoms with E-state index in [9.17, 15) is 62.6 Å². The van der Waals surface area contributed by atoms with Crippen molar-refractivity contribution in [2.75, 3.05) is 43.6 Å². The highest BCUT2D eigenvalue weighted by Crippen LogP contribution is 2.53. The van der Waals surface area contributed by atoms with Gasteiger partial charge in [-0.15, -0.1) is 0 Å². The Labute approximate surface area is 413 Å². The van der Waals surface area contributed by atoms with E-state index in [4.69, 9.17) is 63.3 Å². The molecule has 4 aromatic rings. The third kappa shape index (κ3) is 13.1. The van der Waals surface area contributed by atoms with Crippen LogP contribution in [0.25, 0.3) is 0 Å². The third-order valence-corrected chi connectivity index (χ3v) is 14.9. The minimum atomic E-state index is -5.36. The second-order valence-corrected chi connectivity index (χ2v) is 21.3. The molecule has 4 aliphatic rings. The van der Waals surface area contributed by atoms with Gasteiger partial charge in [-0.25, -0.2) is 32.9 Å². The Kier molecular flexibility index (Phi) is 16.5. The van der Waals surface area contributed by atoms with Crippen LogP contribution in [0.15, 0.2) is 67.0 Å². The molecule has 8 heterocycles. The molecule has 8 rings (SSSR count). The van der Waals surface area contributed by atoms with Crippen LogP contribution in [0.2, 0.25) is 0 Å². The van der Waals surface area contributed by atoms with Gasteiger partial charge in [-0.05, 0) is 25.1 Å². The smallest absolute Gasteiger partial charge is 0.394 e. The summed E-state index contributed by atoms with van der Waals surface area (Å²) in [5.74, 6) is -0.397. The Hall–Kier alpha value is -5.19. The maximum atomic E-state index is 13.8. The molecule has 0 amide bonds. The lowest BCUT2D eigenvalue weighted by Crippen LogP contribution is -2.33. The normalized spacial score (nSPS) is 30.5. The number of aliphatic hydroxyl groups is 2. The van der Waals surface area contributed by atoms with Gasteiger partial charge < -0.3 is 61.0 Å². The van der Waals surface area contributed by atoms with Crippen LogP contribution in [0.1, 0.15) is 56.2 Å². The topological polar surface area (TPSA) is 482 Å². The summed E-state index contributed by atoms with van der Waals surface area (Å²) in [6.45, 7) is -1.97. The van der Waals surface area contributed by atoms with Crippen LogP contribution in [0, 0.1) is 6.92 Å². The first-order valence-electron chi connectivity index (χ1n) is 22.1. The summed E-state index contributed by atoms with van der Waals surface area (Å²) in [6.07, 6.45) is -12.9. The first-order chi connectivity index (χ1) is 34.9. The molecule has 4 saturated heterocycles. The zero-order valence-corrected chi connectivity index (χ0v) is 41.1. The van der Waals surface area contributed by atoms with Crippen molar-refractivity contribution in [3.63, 3.8) is 0 Å². The third-order valence-electron chi connectivity index (χ3n) is 11.9. The van der Waals surface area contributed by atoms with E-state index >= 15 is 0 Å². The number of anilines is 3. The highest BCUT2D eigenvalue weighted by Gasteiger charge is 2.48. The van der Waals surface area contributed by atoms with Crippen molar-refractivity contribution in [3.05, 3.63) is 101 Å².